The highest BCUT2D eigenvalue weighted by molar-refractivity contribution is 14.0. The number of rotatable bonds is 8. The van der Waals surface area contributed by atoms with Crippen LogP contribution in [0.15, 0.2) is 35.3 Å². The third-order valence-electron chi connectivity index (χ3n) is 5.56. The summed E-state index contributed by atoms with van der Waals surface area (Å²) in [4.78, 5) is 9.25. The van der Waals surface area contributed by atoms with E-state index in [-0.39, 0.29) is 24.0 Å². The molecule has 1 aromatic carbocycles. The van der Waals surface area contributed by atoms with E-state index in [1.807, 2.05) is 13.1 Å². The molecular formula is C21H35IN4O. The molecule has 2 aliphatic rings. The minimum atomic E-state index is 0. The van der Waals surface area contributed by atoms with Crippen molar-refractivity contribution in [2.75, 3.05) is 47.4 Å². The average molecular weight is 486 g/mol. The lowest BCUT2D eigenvalue weighted by atomic mass is 10.1. The fourth-order valence-corrected chi connectivity index (χ4v) is 3.86. The van der Waals surface area contributed by atoms with Crippen LogP contribution in [0.1, 0.15) is 24.8 Å². The molecule has 6 heteroatoms. The molecule has 0 spiro atoms. The predicted molar refractivity (Wildman–Crippen MR) is 123 cm³/mol. The molecule has 1 heterocycles. The Labute approximate surface area is 181 Å². The molecule has 1 aliphatic heterocycles. The van der Waals surface area contributed by atoms with Crippen molar-refractivity contribution in [2.24, 2.45) is 16.8 Å². The van der Waals surface area contributed by atoms with E-state index in [0.29, 0.717) is 18.6 Å². The zero-order valence-electron chi connectivity index (χ0n) is 16.9. The highest BCUT2D eigenvalue weighted by atomic mass is 127. The number of aliphatic imine (C=N–C) groups is 1. The Balaban J connectivity index is 0.00000261. The van der Waals surface area contributed by atoms with Crippen LogP contribution in [-0.4, -0.2) is 69.2 Å². The number of likely N-dealkylation sites (tertiary alicyclic amines) is 1. The Bertz CT molecular complexity index is 575. The van der Waals surface area contributed by atoms with Gasteiger partial charge < -0.3 is 19.9 Å². The second-order valence-corrected chi connectivity index (χ2v) is 7.90. The van der Waals surface area contributed by atoms with Crippen molar-refractivity contribution in [2.45, 2.75) is 31.9 Å². The second kappa shape index (κ2) is 11.2. The van der Waals surface area contributed by atoms with Crippen molar-refractivity contribution in [3.05, 3.63) is 35.9 Å². The number of ether oxygens (including phenoxy) is 1. The van der Waals surface area contributed by atoms with Crippen LogP contribution in [0.5, 0.6) is 0 Å². The van der Waals surface area contributed by atoms with Crippen molar-refractivity contribution >= 4 is 29.9 Å². The molecule has 2 atom stereocenters. The quantitative estimate of drug-likeness (QED) is 0.349. The molecule has 2 unspecified atom stereocenters. The zero-order valence-corrected chi connectivity index (χ0v) is 19.3. The molecular weight excluding hydrogens is 451 g/mol. The molecule has 1 saturated heterocycles. The lowest BCUT2D eigenvalue weighted by Crippen LogP contribution is -2.47. The maximum Gasteiger partial charge on any atom is 0.193 e. The number of benzene rings is 1. The summed E-state index contributed by atoms with van der Waals surface area (Å²) in [5.74, 6) is 2.49. The number of likely N-dealkylation sites (N-methyl/N-ethyl adjacent to an activating group) is 1. The van der Waals surface area contributed by atoms with Crippen LogP contribution in [0, 0.1) is 11.8 Å². The zero-order chi connectivity index (χ0) is 18.4. The van der Waals surface area contributed by atoms with E-state index in [2.05, 4.69) is 58.5 Å². The van der Waals surface area contributed by atoms with Crippen molar-refractivity contribution < 1.29 is 4.74 Å². The summed E-state index contributed by atoms with van der Waals surface area (Å²) in [7, 11) is 6.26. The lowest BCUT2D eigenvalue weighted by molar-refractivity contribution is 0.0906. The molecule has 1 N–H and O–H groups in total. The van der Waals surface area contributed by atoms with Gasteiger partial charge in [0.15, 0.2) is 5.96 Å². The van der Waals surface area contributed by atoms with Crippen molar-refractivity contribution in [3.8, 4) is 0 Å². The molecule has 3 rings (SSSR count). The largest absolute Gasteiger partial charge is 0.376 e. The first kappa shape index (κ1) is 22.4. The molecule has 0 radical (unpaired) electrons. The van der Waals surface area contributed by atoms with E-state index in [9.17, 15) is 0 Å². The minimum Gasteiger partial charge on any atom is -0.376 e. The van der Waals surface area contributed by atoms with Crippen molar-refractivity contribution in [3.63, 3.8) is 0 Å². The summed E-state index contributed by atoms with van der Waals surface area (Å²) in [6.45, 7) is 4.61. The van der Waals surface area contributed by atoms with Crippen LogP contribution < -0.4 is 5.32 Å². The average Bonchev–Trinajstić information content (AvgIpc) is 3.37. The first-order chi connectivity index (χ1) is 12.7. The fraction of sp³-hybridized carbons (Fsp3) is 0.667. The predicted octanol–water partition coefficient (Wildman–Crippen LogP) is 3.06. The topological polar surface area (TPSA) is 40.1 Å². The van der Waals surface area contributed by atoms with E-state index in [1.54, 1.807) is 0 Å². The Morgan fingerprint density at radius 3 is 2.63 bits per heavy atom. The number of nitrogens with zero attached hydrogens (tertiary/aromatic N) is 3. The maximum absolute atomic E-state index is 5.94. The van der Waals surface area contributed by atoms with E-state index in [0.717, 1.165) is 38.1 Å². The van der Waals surface area contributed by atoms with Gasteiger partial charge in [-0.05, 0) is 44.8 Å². The van der Waals surface area contributed by atoms with Crippen LogP contribution in [0.3, 0.4) is 0 Å². The number of guanidine groups is 1. The van der Waals surface area contributed by atoms with Gasteiger partial charge in [0.2, 0.25) is 0 Å². The molecule has 152 valence electrons. The van der Waals surface area contributed by atoms with Crippen molar-refractivity contribution in [1.82, 2.24) is 15.1 Å². The number of nitrogens with one attached hydrogen (secondary N) is 1. The van der Waals surface area contributed by atoms with E-state index < -0.39 is 0 Å². The molecule has 1 aromatic rings. The van der Waals surface area contributed by atoms with Crippen LogP contribution in [0.25, 0.3) is 0 Å². The van der Waals surface area contributed by atoms with E-state index >= 15 is 0 Å². The van der Waals surface area contributed by atoms with Gasteiger partial charge in [0.05, 0.1) is 13.2 Å². The molecule has 1 saturated carbocycles. The second-order valence-electron chi connectivity index (χ2n) is 7.90. The SMILES string of the molecule is CN=C(NCC(C1CC1)N(C)C)N1CCC(COCc2ccccc2)C1.I. The van der Waals surface area contributed by atoms with Gasteiger partial charge in [-0.1, -0.05) is 30.3 Å². The van der Waals surface area contributed by atoms with Crippen LogP contribution in [0.2, 0.25) is 0 Å². The standard InChI is InChI=1S/C21H34N4O.HI/c1-22-21(23-13-20(24(2)3)19-9-10-19)25-12-11-18(14-25)16-26-15-17-7-5-4-6-8-17;/h4-8,18-20H,9-16H2,1-3H3,(H,22,23);1H. The van der Waals surface area contributed by atoms with Gasteiger partial charge in [-0.2, -0.15) is 0 Å². The van der Waals surface area contributed by atoms with Gasteiger partial charge in [-0.3, -0.25) is 4.99 Å². The van der Waals surface area contributed by atoms with E-state index in [1.165, 1.54) is 24.8 Å². The Kier molecular flexibility index (Phi) is 9.32. The van der Waals surface area contributed by atoms with Crippen LogP contribution >= 0.6 is 24.0 Å². The molecule has 5 nitrogen and oxygen atoms in total. The fourth-order valence-electron chi connectivity index (χ4n) is 3.86. The summed E-state index contributed by atoms with van der Waals surface area (Å²) < 4.78 is 5.94. The van der Waals surface area contributed by atoms with Crippen molar-refractivity contribution in [1.29, 1.82) is 0 Å². The number of hydrogen-bond acceptors (Lipinski definition) is 3. The number of hydrogen-bond donors (Lipinski definition) is 1. The molecule has 0 aromatic heterocycles. The summed E-state index contributed by atoms with van der Waals surface area (Å²) >= 11 is 0. The lowest BCUT2D eigenvalue weighted by Gasteiger charge is -2.28. The molecule has 1 aliphatic carbocycles. The highest BCUT2D eigenvalue weighted by Crippen LogP contribution is 2.34. The Hall–Kier alpha value is -0.860. The van der Waals surface area contributed by atoms with Crippen LogP contribution in [-0.2, 0) is 11.3 Å². The van der Waals surface area contributed by atoms with Gasteiger partial charge >= 0.3 is 0 Å². The molecule has 0 bridgehead atoms. The maximum atomic E-state index is 5.94. The van der Waals surface area contributed by atoms with Gasteiger partial charge in [-0.25, -0.2) is 0 Å². The monoisotopic (exact) mass is 486 g/mol. The van der Waals surface area contributed by atoms with Gasteiger partial charge in [-0.15, -0.1) is 24.0 Å². The minimum absolute atomic E-state index is 0. The Morgan fingerprint density at radius 1 is 1.26 bits per heavy atom. The van der Waals surface area contributed by atoms with E-state index in [4.69, 9.17) is 4.74 Å². The van der Waals surface area contributed by atoms with Gasteiger partial charge in [0, 0.05) is 38.6 Å². The highest BCUT2D eigenvalue weighted by Gasteiger charge is 2.33. The van der Waals surface area contributed by atoms with Crippen LogP contribution in [0.4, 0.5) is 0 Å². The summed E-state index contributed by atoms with van der Waals surface area (Å²) in [5.41, 5.74) is 1.25. The Morgan fingerprint density at radius 2 is 2.00 bits per heavy atom. The normalized spacial score (nSPS) is 21.3. The molecule has 27 heavy (non-hydrogen) atoms. The van der Waals surface area contributed by atoms with Gasteiger partial charge in [0.1, 0.15) is 0 Å². The summed E-state index contributed by atoms with van der Waals surface area (Å²) in [6, 6.07) is 11.0. The van der Waals surface area contributed by atoms with Gasteiger partial charge in [0.25, 0.3) is 0 Å². The third-order valence-corrected chi connectivity index (χ3v) is 5.56. The smallest absolute Gasteiger partial charge is 0.193 e. The third kappa shape index (κ3) is 6.91. The summed E-state index contributed by atoms with van der Waals surface area (Å²) in [6.07, 6.45) is 3.91. The first-order valence-corrected chi connectivity index (χ1v) is 9.91. The number of halogens is 1. The molecule has 0 amide bonds. The first-order valence-electron chi connectivity index (χ1n) is 9.91. The molecule has 2 fully saturated rings. The summed E-state index contributed by atoms with van der Waals surface area (Å²) in [5, 5.41) is 3.61.